The number of nitrogens with zero attached hydrogens (tertiary/aromatic N) is 1. The van der Waals surface area contributed by atoms with Crippen LogP contribution < -0.4 is 9.64 Å². The molecule has 1 saturated heterocycles. The van der Waals surface area contributed by atoms with Crippen LogP contribution in [-0.4, -0.2) is 23.9 Å². The van der Waals surface area contributed by atoms with Crippen LogP contribution in [0.15, 0.2) is 70.9 Å². The van der Waals surface area contributed by atoms with Crippen LogP contribution in [0.5, 0.6) is 5.75 Å². The Morgan fingerprint density at radius 1 is 1.03 bits per heavy atom. The smallest absolute Gasteiger partial charge is 0.300 e. The van der Waals surface area contributed by atoms with E-state index in [-0.39, 0.29) is 11.3 Å². The number of aryl methyl sites for hydroxylation is 2. The molecule has 1 fully saturated rings. The Kier molecular flexibility index (Phi) is 4.91. The predicted molar refractivity (Wildman–Crippen MR) is 112 cm³/mol. The minimum Gasteiger partial charge on any atom is -0.507 e. The summed E-state index contributed by atoms with van der Waals surface area (Å²) in [4.78, 5) is 27.4. The Morgan fingerprint density at radius 2 is 1.83 bits per heavy atom. The average Bonchev–Trinajstić information content (AvgIpc) is 3.37. The summed E-state index contributed by atoms with van der Waals surface area (Å²) in [7, 11) is 1.51. The molecule has 4 rings (SSSR count). The SMILES string of the molecule is COc1cccc(/C(O)=C2/C(=O)C(=O)N(c3ccc(C)c(C)c3)C2c2ccco2)c1. The highest BCUT2D eigenvalue weighted by atomic mass is 16.5. The van der Waals surface area contributed by atoms with Gasteiger partial charge in [0.05, 0.1) is 18.9 Å². The van der Waals surface area contributed by atoms with E-state index in [2.05, 4.69) is 0 Å². The Morgan fingerprint density at radius 3 is 2.50 bits per heavy atom. The van der Waals surface area contributed by atoms with E-state index in [1.807, 2.05) is 26.0 Å². The van der Waals surface area contributed by atoms with Gasteiger partial charge in [0.25, 0.3) is 11.7 Å². The molecular formula is C24H21NO5. The fourth-order valence-corrected chi connectivity index (χ4v) is 3.62. The Hall–Kier alpha value is -3.80. The number of anilines is 1. The number of aliphatic hydroxyl groups is 1. The number of Topliss-reactive ketones (excluding diaryl/α,β-unsaturated/α-hetero) is 1. The van der Waals surface area contributed by atoms with Crippen molar-refractivity contribution in [1.29, 1.82) is 0 Å². The zero-order valence-corrected chi connectivity index (χ0v) is 16.9. The number of furan rings is 1. The van der Waals surface area contributed by atoms with Crippen LogP contribution >= 0.6 is 0 Å². The van der Waals surface area contributed by atoms with Gasteiger partial charge in [-0.2, -0.15) is 0 Å². The largest absolute Gasteiger partial charge is 0.507 e. The number of rotatable bonds is 4. The first-order valence-electron chi connectivity index (χ1n) is 9.48. The molecule has 3 aromatic rings. The molecule has 152 valence electrons. The molecule has 2 heterocycles. The molecule has 0 radical (unpaired) electrons. The van der Waals surface area contributed by atoms with Crippen molar-refractivity contribution in [3.8, 4) is 5.75 Å². The van der Waals surface area contributed by atoms with Crippen molar-refractivity contribution in [3.05, 3.63) is 88.9 Å². The molecule has 1 aromatic heterocycles. The van der Waals surface area contributed by atoms with Crippen LogP contribution in [-0.2, 0) is 9.59 Å². The molecule has 30 heavy (non-hydrogen) atoms. The zero-order valence-electron chi connectivity index (χ0n) is 16.9. The van der Waals surface area contributed by atoms with Crippen molar-refractivity contribution in [2.75, 3.05) is 12.0 Å². The second kappa shape index (κ2) is 7.55. The fraction of sp³-hybridized carbons (Fsp3) is 0.167. The molecule has 1 N–H and O–H groups in total. The summed E-state index contributed by atoms with van der Waals surface area (Å²) in [6, 6.07) is 14.7. The number of carbonyl (C=O) groups excluding carboxylic acids is 2. The quantitative estimate of drug-likeness (QED) is 0.393. The van der Waals surface area contributed by atoms with Crippen molar-refractivity contribution in [2.24, 2.45) is 0 Å². The van der Waals surface area contributed by atoms with Gasteiger partial charge in [-0.15, -0.1) is 0 Å². The van der Waals surface area contributed by atoms with Gasteiger partial charge in [-0.25, -0.2) is 0 Å². The van der Waals surface area contributed by atoms with E-state index in [1.165, 1.54) is 18.3 Å². The predicted octanol–water partition coefficient (Wildman–Crippen LogP) is 4.53. The van der Waals surface area contributed by atoms with E-state index in [0.717, 1.165) is 11.1 Å². The maximum absolute atomic E-state index is 13.0. The van der Waals surface area contributed by atoms with E-state index in [4.69, 9.17) is 9.15 Å². The van der Waals surface area contributed by atoms with Gasteiger partial charge in [0.1, 0.15) is 23.3 Å². The second-order valence-corrected chi connectivity index (χ2v) is 7.19. The number of methoxy groups -OCH3 is 1. The summed E-state index contributed by atoms with van der Waals surface area (Å²) in [5.74, 6) is -0.854. The highest BCUT2D eigenvalue weighted by Crippen LogP contribution is 2.42. The van der Waals surface area contributed by atoms with Crippen LogP contribution in [0.25, 0.3) is 5.76 Å². The lowest BCUT2D eigenvalue weighted by Crippen LogP contribution is -2.29. The third-order valence-electron chi connectivity index (χ3n) is 5.37. The average molecular weight is 403 g/mol. The van der Waals surface area contributed by atoms with Crippen LogP contribution in [0.3, 0.4) is 0 Å². The van der Waals surface area contributed by atoms with Crippen LogP contribution in [0.2, 0.25) is 0 Å². The first-order chi connectivity index (χ1) is 14.4. The highest BCUT2D eigenvalue weighted by molar-refractivity contribution is 6.51. The fourth-order valence-electron chi connectivity index (χ4n) is 3.62. The molecule has 6 heteroatoms. The molecule has 6 nitrogen and oxygen atoms in total. The van der Waals surface area contributed by atoms with Gasteiger partial charge in [0.2, 0.25) is 0 Å². The van der Waals surface area contributed by atoms with E-state index in [0.29, 0.717) is 22.8 Å². The van der Waals surface area contributed by atoms with Crippen molar-refractivity contribution in [2.45, 2.75) is 19.9 Å². The second-order valence-electron chi connectivity index (χ2n) is 7.19. The third-order valence-corrected chi connectivity index (χ3v) is 5.37. The van der Waals surface area contributed by atoms with Crippen molar-refractivity contribution in [1.82, 2.24) is 0 Å². The Balaban J connectivity index is 1.92. The molecular weight excluding hydrogens is 382 g/mol. The minimum atomic E-state index is -0.881. The monoisotopic (exact) mass is 403 g/mol. The molecule has 1 amide bonds. The minimum absolute atomic E-state index is 0.0265. The van der Waals surface area contributed by atoms with Crippen LogP contribution in [0.1, 0.15) is 28.5 Å². The van der Waals surface area contributed by atoms with E-state index in [9.17, 15) is 14.7 Å². The van der Waals surface area contributed by atoms with Crippen molar-refractivity contribution in [3.63, 3.8) is 0 Å². The number of aliphatic hydroxyl groups excluding tert-OH is 1. The first kappa shape index (κ1) is 19.5. The number of carbonyl (C=O) groups is 2. The zero-order chi connectivity index (χ0) is 21.4. The first-order valence-corrected chi connectivity index (χ1v) is 9.48. The summed E-state index contributed by atoms with van der Waals surface area (Å²) >= 11 is 0. The summed E-state index contributed by atoms with van der Waals surface area (Å²) in [6.45, 7) is 3.91. The normalized spacial score (nSPS) is 18.1. The summed E-state index contributed by atoms with van der Waals surface area (Å²) in [5.41, 5.74) is 2.97. The number of hydrogen-bond donors (Lipinski definition) is 1. The lowest BCUT2D eigenvalue weighted by molar-refractivity contribution is -0.132. The number of ether oxygens (including phenoxy) is 1. The highest BCUT2D eigenvalue weighted by Gasteiger charge is 2.48. The topological polar surface area (TPSA) is 80.0 Å². The number of hydrogen-bond acceptors (Lipinski definition) is 5. The van der Waals surface area contributed by atoms with Gasteiger partial charge in [-0.1, -0.05) is 18.2 Å². The van der Waals surface area contributed by atoms with Gasteiger partial charge in [-0.3, -0.25) is 14.5 Å². The van der Waals surface area contributed by atoms with E-state index < -0.39 is 17.7 Å². The summed E-state index contributed by atoms with van der Waals surface area (Å²) in [6.07, 6.45) is 1.47. The van der Waals surface area contributed by atoms with Crippen LogP contribution in [0, 0.1) is 13.8 Å². The molecule has 0 saturated carbocycles. The van der Waals surface area contributed by atoms with Gasteiger partial charge < -0.3 is 14.3 Å². The molecule has 1 atom stereocenters. The molecule has 0 bridgehead atoms. The molecule has 1 unspecified atom stereocenters. The molecule has 1 aliphatic heterocycles. The van der Waals surface area contributed by atoms with Gasteiger partial charge >= 0.3 is 0 Å². The van der Waals surface area contributed by atoms with Crippen molar-refractivity contribution < 1.29 is 23.8 Å². The maximum atomic E-state index is 13.0. The standard InChI is InChI=1S/C24H21NO5/c1-14-9-10-17(12-15(14)2)25-21(19-8-5-11-30-19)20(23(27)24(25)28)22(26)16-6-4-7-18(13-16)29-3/h4-13,21,26H,1-3H3/b22-20-. The maximum Gasteiger partial charge on any atom is 0.300 e. The van der Waals surface area contributed by atoms with Crippen LogP contribution in [0.4, 0.5) is 5.69 Å². The van der Waals surface area contributed by atoms with Crippen molar-refractivity contribution >= 4 is 23.1 Å². The number of benzene rings is 2. The molecule has 2 aromatic carbocycles. The lowest BCUT2D eigenvalue weighted by Gasteiger charge is -2.24. The van der Waals surface area contributed by atoms with Gasteiger partial charge in [0.15, 0.2) is 0 Å². The Labute approximate surface area is 174 Å². The van der Waals surface area contributed by atoms with Gasteiger partial charge in [-0.05, 0) is 61.4 Å². The van der Waals surface area contributed by atoms with E-state index >= 15 is 0 Å². The third kappa shape index (κ3) is 3.16. The van der Waals surface area contributed by atoms with Gasteiger partial charge in [0, 0.05) is 11.3 Å². The molecule has 1 aliphatic rings. The molecule has 0 aliphatic carbocycles. The lowest BCUT2D eigenvalue weighted by atomic mass is 9.99. The number of ketones is 1. The Bertz CT molecular complexity index is 1160. The summed E-state index contributed by atoms with van der Waals surface area (Å²) < 4.78 is 10.8. The number of amides is 1. The molecule has 0 spiro atoms. The summed E-state index contributed by atoms with van der Waals surface area (Å²) in [5, 5.41) is 11.0. The van der Waals surface area contributed by atoms with E-state index in [1.54, 1.807) is 42.5 Å².